The zero-order valence-electron chi connectivity index (χ0n) is 9.97. The Morgan fingerprint density at radius 1 is 1.32 bits per heavy atom. The van der Waals surface area contributed by atoms with E-state index in [1.54, 1.807) is 6.07 Å². The van der Waals surface area contributed by atoms with Crippen molar-refractivity contribution in [3.8, 4) is 0 Å². The van der Waals surface area contributed by atoms with Crippen molar-refractivity contribution in [2.75, 3.05) is 29.1 Å². The van der Waals surface area contributed by atoms with E-state index in [4.69, 9.17) is 0 Å². The Morgan fingerprint density at radius 3 is 2.74 bits per heavy atom. The topological polar surface area (TPSA) is 12.0 Å². The van der Waals surface area contributed by atoms with Crippen molar-refractivity contribution in [2.24, 2.45) is 0 Å². The van der Waals surface area contributed by atoms with E-state index in [0.29, 0.717) is 16.3 Å². The van der Waals surface area contributed by atoms with Crippen LogP contribution in [0.5, 0.6) is 0 Å². The fourth-order valence-electron chi connectivity index (χ4n) is 1.78. The van der Waals surface area contributed by atoms with Gasteiger partial charge in [-0.2, -0.15) is 36.7 Å². The molecule has 0 aliphatic carbocycles. The highest BCUT2D eigenvalue weighted by Crippen LogP contribution is 2.37. The monoisotopic (exact) mass is 371 g/mol. The molecule has 1 aromatic rings. The SMILES string of the molecule is FC(F)(F)c1cc(Br)ccc1NCC1CSCCS1. The molecule has 0 saturated carbocycles. The van der Waals surface area contributed by atoms with Crippen LogP contribution in [-0.2, 0) is 6.18 Å². The smallest absolute Gasteiger partial charge is 0.383 e. The molecule has 1 heterocycles. The first-order chi connectivity index (χ1) is 8.97. The van der Waals surface area contributed by atoms with Crippen LogP contribution >= 0.6 is 39.5 Å². The maximum Gasteiger partial charge on any atom is 0.418 e. The highest BCUT2D eigenvalue weighted by atomic mass is 79.9. The summed E-state index contributed by atoms with van der Waals surface area (Å²) in [5.74, 6) is 3.20. The highest BCUT2D eigenvalue weighted by molar-refractivity contribution is 9.10. The molecule has 1 fully saturated rings. The minimum Gasteiger partial charge on any atom is -0.383 e. The van der Waals surface area contributed by atoms with Crippen molar-refractivity contribution in [3.63, 3.8) is 0 Å². The molecule has 0 aromatic heterocycles. The summed E-state index contributed by atoms with van der Waals surface area (Å²) < 4.78 is 39.2. The number of alkyl halides is 3. The Labute approximate surface area is 127 Å². The fourth-order valence-corrected chi connectivity index (χ4v) is 4.76. The molecule has 1 aliphatic rings. The summed E-state index contributed by atoms with van der Waals surface area (Å²) in [4.78, 5) is 0. The molecule has 2 rings (SSSR count). The summed E-state index contributed by atoms with van der Waals surface area (Å²) >= 11 is 6.77. The van der Waals surface area contributed by atoms with Gasteiger partial charge in [-0.3, -0.25) is 0 Å². The molecule has 1 atom stereocenters. The Balaban J connectivity index is 2.06. The van der Waals surface area contributed by atoms with Gasteiger partial charge in [0, 0.05) is 39.2 Å². The van der Waals surface area contributed by atoms with Crippen molar-refractivity contribution >= 4 is 45.1 Å². The van der Waals surface area contributed by atoms with E-state index in [2.05, 4.69) is 21.2 Å². The third-order valence-electron chi connectivity index (χ3n) is 2.69. The number of thioether (sulfide) groups is 2. The summed E-state index contributed by atoms with van der Waals surface area (Å²) in [5.41, 5.74) is -0.456. The van der Waals surface area contributed by atoms with Gasteiger partial charge >= 0.3 is 6.18 Å². The molecule has 106 valence electrons. The maximum atomic E-state index is 12.9. The molecule has 19 heavy (non-hydrogen) atoms. The van der Waals surface area contributed by atoms with Crippen LogP contribution < -0.4 is 5.32 Å². The van der Waals surface area contributed by atoms with E-state index in [1.807, 2.05) is 23.5 Å². The zero-order valence-corrected chi connectivity index (χ0v) is 13.2. The number of hydrogen-bond donors (Lipinski definition) is 1. The standard InChI is InChI=1S/C12H13BrF3NS2/c13-8-1-2-11(10(5-8)12(14,15)16)17-6-9-7-18-3-4-19-9/h1-2,5,9,17H,3-4,6-7H2. The lowest BCUT2D eigenvalue weighted by Gasteiger charge is -2.23. The molecule has 1 N–H and O–H groups in total. The van der Waals surface area contributed by atoms with E-state index in [0.717, 1.165) is 23.3 Å². The zero-order chi connectivity index (χ0) is 13.9. The minimum absolute atomic E-state index is 0.159. The van der Waals surface area contributed by atoms with Crippen LogP contribution in [0.3, 0.4) is 0 Å². The molecule has 1 unspecified atom stereocenters. The molecule has 0 radical (unpaired) electrons. The Hall–Kier alpha value is -0.0100. The average molecular weight is 372 g/mol. The number of rotatable bonds is 3. The molecule has 1 saturated heterocycles. The average Bonchev–Trinajstić information content (AvgIpc) is 2.37. The van der Waals surface area contributed by atoms with Crippen molar-refractivity contribution in [2.45, 2.75) is 11.4 Å². The van der Waals surface area contributed by atoms with Crippen LogP contribution in [0.25, 0.3) is 0 Å². The van der Waals surface area contributed by atoms with Gasteiger partial charge in [0.1, 0.15) is 0 Å². The molecule has 7 heteroatoms. The van der Waals surface area contributed by atoms with Gasteiger partial charge in [-0.15, -0.1) is 0 Å². The van der Waals surface area contributed by atoms with Gasteiger partial charge in [-0.25, -0.2) is 0 Å². The number of hydrogen-bond acceptors (Lipinski definition) is 3. The van der Waals surface area contributed by atoms with Crippen LogP contribution in [0.2, 0.25) is 0 Å². The van der Waals surface area contributed by atoms with Gasteiger partial charge < -0.3 is 5.32 Å². The van der Waals surface area contributed by atoms with E-state index < -0.39 is 11.7 Å². The van der Waals surface area contributed by atoms with Crippen molar-refractivity contribution in [3.05, 3.63) is 28.2 Å². The normalized spacial score (nSPS) is 20.3. The number of halogens is 4. The van der Waals surface area contributed by atoms with Crippen LogP contribution in [0.4, 0.5) is 18.9 Å². The van der Waals surface area contributed by atoms with Gasteiger partial charge in [-0.1, -0.05) is 15.9 Å². The number of nitrogens with one attached hydrogen (secondary N) is 1. The quantitative estimate of drug-likeness (QED) is 0.824. The molecular weight excluding hydrogens is 359 g/mol. The first kappa shape index (κ1) is 15.4. The van der Waals surface area contributed by atoms with E-state index in [-0.39, 0.29) is 5.69 Å². The Morgan fingerprint density at radius 2 is 2.11 bits per heavy atom. The lowest BCUT2D eigenvalue weighted by atomic mass is 10.1. The maximum absolute atomic E-state index is 12.9. The van der Waals surface area contributed by atoms with Gasteiger partial charge in [0.25, 0.3) is 0 Å². The molecule has 0 spiro atoms. The van der Waals surface area contributed by atoms with E-state index in [1.165, 1.54) is 6.07 Å². The van der Waals surface area contributed by atoms with Gasteiger partial charge in [-0.05, 0) is 18.2 Å². The van der Waals surface area contributed by atoms with Crippen molar-refractivity contribution in [1.29, 1.82) is 0 Å². The summed E-state index contributed by atoms with van der Waals surface area (Å²) in [7, 11) is 0. The van der Waals surface area contributed by atoms with Crippen LogP contribution in [-0.4, -0.2) is 29.1 Å². The predicted octanol–water partition coefficient (Wildman–Crippen LogP) is 4.73. The minimum atomic E-state index is -4.33. The molecule has 1 nitrogen and oxygen atoms in total. The van der Waals surface area contributed by atoms with Crippen molar-refractivity contribution < 1.29 is 13.2 Å². The summed E-state index contributed by atoms with van der Waals surface area (Å²) in [5, 5.41) is 3.32. The first-order valence-electron chi connectivity index (χ1n) is 5.77. The lowest BCUT2D eigenvalue weighted by Crippen LogP contribution is -2.24. The second-order valence-corrected chi connectivity index (χ2v) is 7.61. The second kappa shape index (κ2) is 6.63. The number of benzene rings is 1. The van der Waals surface area contributed by atoms with E-state index in [9.17, 15) is 13.2 Å². The largest absolute Gasteiger partial charge is 0.418 e. The first-order valence-corrected chi connectivity index (χ1v) is 8.76. The molecular formula is C12H13BrF3NS2. The molecule has 1 aliphatic heterocycles. The van der Waals surface area contributed by atoms with E-state index >= 15 is 0 Å². The molecule has 0 bridgehead atoms. The second-order valence-electron chi connectivity index (χ2n) is 4.14. The molecule has 0 amide bonds. The number of anilines is 1. The Bertz CT molecular complexity index is 433. The lowest BCUT2D eigenvalue weighted by molar-refractivity contribution is -0.137. The summed E-state index contributed by atoms with van der Waals surface area (Å²) in [6.07, 6.45) is -4.33. The molecule has 1 aromatic carbocycles. The van der Waals surface area contributed by atoms with Crippen LogP contribution in [0.15, 0.2) is 22.7 Å². The van der Waals surface area contributed by atoms with Crippen LogP contribution in [0, 0.1) is 0 Å². The predicted molar refractivity (Wildman–Crippen MR) is 81.2 cm³/mol. The Kier molecular flexibility index (Phi) is 5.37. The van der Waals surface area contributed by atoms with Gasteiger partial charge in [0.15, 0.2) is 0 Å². The third-order valence-corrected chi connectivity index (χ3v) is 6.03. The van der Waals surface area contributed by atoms with Gasteiger partial charge in [0.05, 0.1) is 5.56 Å². The highest BCUT2D eigenvalue weighted by Gasteiger charge is 2.33. The van der Waals surface area contributed by atoms with Crippen molar-refractivity contribution in [1.82, 2.24) is 0 Å². The summed E-state index contributed by atoms with van der Waals surface area (Å²) in [6.45, 7) is 0.572. The third kappa shape index (κ3) is 4.49. The van der Waals surface area contributed by atoms with Gasteiger partial charge in [0.2, 0.25) is 0 Å². The summed E-state index contributed by atoms with van der Waals surface area (Å²) in [6, 6.07) is 4.22. The van der Waals surface area contributed by atoms with Crippen LogP contribution in [0.1, 0.15) is 5.56 Å². The fraction of sp³-hybridized carbons (Fsp3) is 0.500.